The molecule has 3 fully saturated rings. The van der Waals surface area contributed by atoms with Crippen LogP contribution in [0.25, 0.3) is 0 Å². The average molecular weight is 1440 g/mol. The maximum Gasteiger partial charge on any atom is 0.472 e. The minimum Gasteiger partial charge on any atom is -0.462 e. The molecule has 0 bridgehead atoms. The molecule has 19 unspecified atom stereocenters. The Balaban J connectivity index is 1.75. The van der Waals surface area contributed by atoms with Gasteiger partial charge in [-0.15, -0.1) is 0 Å². The highest BCUT2D eigenvalue weighted by atomic mass is 31.2. The highest BCUT2D eigenvalue weighted by Gasteiger charge is 2.58. The third-order valence-corrected chi connectivity index (χ3v) is 20.2. The molecule has 0 amide bonds. The number of ether oxygens (including phenoxy) is 7. The number of aliphatic hydroxyl groups excluding tert-OH is 10. The quantitative estimate of drug-likeness (QED) is 0.00673. The Hall–Kier alpha value is -2.56. The molecule has 19 atom stereocenters. The van der Waals surface area contributed by atoms with Crippen LogP contribution in [0.2, 0.25) is 0 Å². The molecule has 0 aromatic rings. The Morgan fingerprint density at radius 1 is 0.444 bits per heavy atom. The van der Waals surface area contributed by atoms with Gasteiger partial charge >= 0.3 is 25.7 Å². The Morgan fingerprint density at radius 2 is 0.838 bits per heavy atom. The largest absolute Gasteiger partial charge is 0.472 e. The van der Waals surface area contributed by atoms with Gasteiger partial charge in [-0.25, -0.2) is 9.36 Å². The third-order valence-electron chi connectivity index (χ3n) is 19.2. The standard InChI is InChI=1S/C74H135O24P/c1-5-8-11-14-17-19-21-23-24-26-28-30-32-38-43-48-59(77)91-53-57-62(80)64(82)69(87)74(95-57)97-71-67(85)65(83)66(84)70(96-73-68(86)63(81)61(79)56(50-75)94-73)72(71)98-99(88,89)92-52-55(51-90-58(76)47-42-37-31-29-27-25-22-20-18-15-12-9-6-2)93-60(78)49-44-39-34-33-36-41-46-54(4)45-40-35-16-13-10-7-3/h32,38,43,48,54-57,61-75,79-87H,5-31,33-37,39-42,44-47,49-53H2,1-4H3,(H,88,89)/b38-32+,48-43+. The molecule has 1 aliphatic carbocycles. The van der Waals surface area contributed by atoms with E-state index >= 15 is 0 Å². The van der Waals surface area contributed by atoms with Crippen molar-refractivity contribution < 1.29 is 117 Å². The molecule has 3 rings (SSSR count). The summed E-state index contributed by atoms with van der Waals surface area (Å²) >= 11 is 0. The van der Waals surface area contributed by atoms with E-state index in [1.54, 1.807) is 6.08 Å². The molecule has 3 aliphatic rings. The van der Waals surface area contributed by atoms with Gasteiger partial charge in [0.25, 0.3) is 0 Å². The second-order valence-corrected chi connectivity index (χ2v) is 29.5. The van der Waals surface area contributed by atoms with E-state index in [-0.39, 0.29) is 12.8 Å². The molecular weight excluding hydrogens is 1300 g/mol. The van der Waals surface area contributed by atoms with E-state index in [2.05, 4.69) is 27.7 Å². The van der Waals surface area contributed by atoms with Crippen molar-refractivity contribution in [2.75, 3.05) is 26.4 Å². The Bertz CT molecular complexity index is 2160. The van der Waals surface area contributed by atoms with Gasteiger partial charge in [0.15, 0.2) is 18.7 Å². The Morgan fingerprint density at radius 3 is 1.29 bits per heavy atom. The van der Waals surface area contributed by atoms with Gasteiger partial charge in [0.05, 0.1) is 13.2 Å². The van der Waals surface area contributed by atoms with Crippen molar-refractivity contribution in [3.63, 3.8) is 0 Å². The maximum absolute atomic E-state index is 14.3. The fourth-order valence-corrected chi connectivity index (χ4v) is 13.8. The summed E-state index contributed by atoms with van der Waals surface area (Å²) in [6, 6.07) is 0. The number of phosphoric ester groups is 1. The average Bonchev–Trinajstić information content (AvgIpc) is 0.762. The first-order chi connectivity index (χ1) is 47.7. The van der Waals surface area contributed by atoms with Gasteiger partial charge in [-0.3, -0.25) is 18.6 Å². The Labute approximate surface area is 592 Å². The fraction of sp³-hybridized carbons (Fsp3) is 0.905. The van der Waals surface area contributed by atoms with Crippen molar-refractivity contribution in [1.29, 1.82) is 0 Å². The highest BCUT2D eigenvalue weighted by molar-refractivity contribution is 7.47. The first kappa shape index (κ1) is 90.7. The number of rotatable bonds is 59. The van der Waals surface area contributed by atoms with Crippen molar-refractivity contribution >= 4 is 25.7 Å². The highest BCUT2D eigenvalue weighted by Crippen LogP contribution is 2.49. The zero-order valence-electron chi connectivity index (χ0n) is 60.7. The number of unbranched alkanes of at least 4 members (excludes halogenated alkanes) is 33. The lowest BCUT2D eigenvalue weighted by Crippen LogP contribution is -2.69. The minimum atomic E-state index is -5.71. The van der Waals surface area contributed by atoms with Crippen molar-refractivity contribution in [3.8, 4) is 0 Å². The fourth-order valence-electron chi connectivity index (χ4n) is 12.9. The van der Waals surface area contributed by atoms with Gasteiger partial charge in [-0.1, -0.05) is 271 Å². The first-order valence-corrected chi connectivity index (χ1v) is 40.0. The molecule has 2 saturated heterocycles. The van der Waals surface area contributed by atoms with Crippen molar-refractivity contribution in [2.24, 2.45) is 5.92 Å². The van der Waals surface area contributed by atoms with Crippen molar-refractivity contribution in [2.45, 2.75) is 395 Å². The molecule has 25 heteroatoms. The predicted molar refractivity (Wildman–Crippen MR) is 374 cm³/mol. The van der Waals surface area contributed by atoms with Crippen molar-refractivity contribution in [1.82, 2.24) is 0 Å². The summed E-state index contributed by atoms with van der Waals surface area (Å²) in [5, 5.41) is 110. The van der Waals surface area contributed by atoms with Crippen LogP contribution in [0, 0.1) is 5.92 Å². The molecule has 580 valence electrons. The molecule has 2 heterocycles. The van der Waals surface area contributed by atoms with E-state index in [1.807, 2.05) is 6.08 Å². The zero-order valence-corrected chi connectivity index (χ0v) is 61.6. The van der Waals surface area contributed by atoms with Crippen molar-refractivity contribution in [3.05, 3.63) is 24.3 Å². The molecule has 2 aliphatic heterocycles. The topological polar surface area (TPSA) is 374 Å². The lowest BCUT2D eigenvalue weighted by molar-refractivity contribution is -0.360. The monoisotopic (exact) mass is 1440 g/mol. The number of allylic oxidation sites excluding steroid dienone is 3. The lowest BCUT2D eigenvalue weighted by atomic mass is 9.84. The molecule has 0 aromatic heterocycles. The van der Waals surface area contributed by atoms with E-state index in [9.17, 15) is 74.9 Å². The third kappa shape index (κ3) is 38.3. The molecule has 0 aromatic carbocycles. The zero-order chi connectivity index (χ0) is 72.6. The van der Waals surface area contributed by atoms with Crippen LogP contribution in [0.1, 0.15) is 291 Å². The summed E-state index contributed by atoms with van der Waals surface area (Å²) in [7, 11) is -5.71. The second-order valence-electron chi connectivity index (χ2n) is 28.1. The van der Waals surface area contributed by atoms with Gasteiger partial charge in [-0.05, 0) is 31.6 Å². The predicted octanol–water partition coefficient (Wildman–Crippen LogP) is 10.8. The van der Waals surface area contributed by atoms with Crippen LogP contribution in [0.5, 0.6) is 0 Å². The minimum absolute atomic E-state index is 0.0412. The number of carbonyl (C=O) groups excluding carboxylic acids is 3. The molecule has 24 nitrogen and oxygen atoms in total. The smallest absolute Gasteiger partial charge is 0.462 e. The van der Waals surface area contributed by atoms with E-state index in [0.717, 1.165) is 96.0 Å². The maximum atomic E-state index is 14.3. The molecule has 0 radical (unpaired) electrons. The summed E-state index contributed by atoms with van der Waals surface area (Å²) in [5.74, 6) is -1.54. The van der Waals surface area contributed by atoms with E-state index in [1.165, 1.54) is 154 Å². The number of aliphatic hydroxyl groups is 10. The van der Waals surface area contributed by atoms with Gasteiger partial charge in [0.2, 0.25) is 0 Å². The van der Waals surface area contributed by atoms with Crippen LogP contribution in [0.15, 0.2) is 24.3 Å². The van der Waals surface area contributed by atoms with Gasteiger partial charge < -0.3 is 89.1 Å². The van der Waals surface area contributed by atoms with Gasteiger partial charge in [0, 0.05) is 18.9 Å². The van der Waals surface area contributed by atoms with Gasteiger partial charge in [-0.2, -0.15) is 0 Å². The molecule has 1 saturated carbocycles. The van der Waals surface area contributed by atoms with E-state index in [4.69, 9.17) is 42.2 Å². The Kier molecular flexibility index (Phi) is 50.3. The summed E-state index contributed by atoms with van der Waals surface area (Å²) < 4.78 is 64.9. The van der Waals surface area contributed by atoms with Crippen LogP contribution < -0.4 is 0 Å². The summed E-state index contributed by atoms with van der Waals surface area (Å²) in [6.45, 7) is 5.69. The molecule has 0 spiro atoms. The molecule has 99 heavy (non-hydrogen) atoms. The van der Waals surface area contributed by atoms with Crippen LogP contribution in [0.4, 0.5) is 0 Å². The van der Waals surface area contributed by atoms with E-state index < -0.39 is 156 Å². The normalized spacial score (nSPS) is 27.9. The summed E-state index contributed by atoms with van der Waals surface area (Å²) in [4.78, 5) is 51.0. The second kappa shape index (κ2) is 55.0. The summed E-state index contributed by atoms with van der Waals surface area (Å²) in [5.41, 5.74) is 0. The number of hydrogen-bond acceptors (Lipinski definition) is 23. The van der Waals surface area contributed by atoms with E-state index in [0.29, 0.717) is 18.8 Å². The number of esters is 3. The number of carbonyl (C=O) groups is 3. The summed E-state index contributed by atoms with van der Waals surface area (Å²) in [6.07, 6.45) is 14.5. The van der Waals surface area contributed by atoms with Crippen LogP contribution in [-0.4, -0.2) is 204 Å². The number of hydrogen-bond donors (Lipinski definition) is 11. The van der Waals surface area contributed by atoms with Crippen LogP contribution in [-0.2, 0) is 61.2 Å². The lowest BCUT2D eigenvalue weighted by Gasteiger charge is -2.49. The van der Waals surface area contributed by atoms with Crippen LogP contribution in [0.3, 0.4) is 0 Å². The molecular formula is C74H135O24P. The number of phosphoric acid groups is 1. The SMILES string of the molecule is CCCCCCCCCCCCC/C=C/C=C/C(=O)OCC1OC(OC2C(O)C(O)C(O)C(OC3OC(CO)C(O)C(O)C3O)C2OP(=O)(O)OCC(COC(=O)CCCCCCCCCCCCCCC)OC(=O)CCCCCCCCC(C)CCCCCCCC)C(O)C(O)C1O. The van der Waals surface area contributed by atoms with Gasteiger partial charge in [0.1, 0.15) is 98.7 Å². The molecule has 11 N–H and O–H groups in total. The van der Waals surface area contributed by atoms with Crippen LogP contribution >= 0.6 is 7.82 Å². The first-order valence-electron chi connectivity index (χ1n) is 38.6.